The van der Waals surface area contributed by atoms with Gasteiger partial charge in [0, 0.05) is 18.0 Å². The van der Waals surface area contributed by atoms with Crippen molar-refractivity contribution in [2.75, 3.05) is 7.11 Å². The van der Waals surface area contributed by atoms with Crippen LogP contribution in [0.2, 0.25) is 0 Å². The van der Waals surface area contributed by atoms with Gasteiger partial charge in [0.15, 0.2) is 0 Å². The summed E-state index contributed by atoms with van der Waals surface area (Å²) in [5.74, 6) is -0.595. The molecule has 4 rings (SSSR count). The van der Waals surface area contributed by atoms with Crippen LogP contribution in [0.1, 0.15) is 22.9 Å². The van der Waals surface area contributed by atoms with E-state index in [4.69, 9.17) is 9.15 Å². The predicted octanol–water partition coefficient (Wildman–Crippen LogP) is 3.31. The Morgan fingerprint density at radius 2 is 1.97 bits per heavy atom. The molecule has 1 aliphatic heterocycles. The SMILES string of the molecule is COc1cccc(C2/C(=C(\O)c3ccncc3)C(=O)C(=O)N2Cc2ccco2)c1. The van der Waals surface area contributed by atoms with Crippen LogP contribution in [0, 0.1) is 0 Å². The lowest BCUT2D eigenvalue weighted by Crippen LogP contribution is -2.29. The van der Waals surface area contributed by atoms with Crippen molar-refractivity contribution in [3.63, 3.8) is 0 Å². The summed E-state index contributed by atoms with van der Waals surface area (Å²) in [6.07, 6.45) is 4.52. The number of pyridine rings is 1. The zero-order valence-corrected chi connectivity index (χ0v) is 15.6. The summed E-state index contributed by atoms with van der Waals surface area (Å²) in [6.45, 7) is 0.0899. The Morgan fingerprint density at radius 1 is 1.17 bits per heavy atom. The van der Waals surface area contributed by atoms with E-state index in [1.165, 1.54) is 30.7 Å². The van der Waals surface area contributed by atoms with Crippen LogP contribution in [-0.4, -0.2) is 33.8 Å². The molecule has 2 aromatic heterocycles. The number of carbonyl (C=O) groups is 2. The van der Waals surface area contributed by atoms with E-state index in [9.17, 15) is 14.7 Å². The number of amides is 1. The Morgan fingerprint density at radius 3 is 2.66 bits per heavy atom. The highest BCUT2D eigenvalue weighted by Crippen LogP contribution is 2.41. The van der Waals surface area contributed by atoms with Gasteiger partial charge in [-0.25, -0.2) is 0 Å². The molecule has 1 unspecified atom stereocenters. The number of ketones is 1. The fourth-order valence-electron chi connectivity index (χ4n) is 3.44. The second-order valence-corrected chi connectivity index (χ2v) is 6.52. The zero-order valence-electron chi connectivity index (χ0n) is 15.6. The Labute approximate surface area is 166 Å². The molecule has 29 heavy (non-hydrogen) atoms. The minimum absolute atomic E-state index is 0.0148. The molecule has 3 aromatic rings. The second-order valence-electron chi connectivity index (χ2n) is 6.52. The second kappa shape index (κ2) is 7.63. The number of furan rings is 1. The summed E-state index contributed by atoms with van der Waals surface area (Å²) in [6, 6.07) is 12.9. The maximum atomic E-state index is 12.9. The van der Waals surface area contributed by atoms with Gasteiger partial charge in [-0.15, -0.1) is 0 Å². The van der Waals surface area contributed by atoms with Crippen LogP contribution < -0.4 is 4.74 Å². The summed E-state index contributed by atoms with van der Waals surface area (Å²) in [5, 5.41) is 10.9. The van der Waals surface area contributed by atoms with Crippen LogP contribution in [0.25, 0.3) is 5.76 Å². The van der Waals surface area contributed by atoms with Crippen molar-refractivity contribution in [2.24, 2.45) is 0 Å². The highest BCUT2D eigenvalue weighted by molar-refractivity contribution is 6.46. The van der Waals surface area contributed by atoms with Crippen LogP contribution in [0.15, 0.2) is 77.2 Å². The van der Waals surface area contributed by atoms with E-state index in [0.29, 0.717) is 22.6 Å². The van der Waals surface area contributed by atoms with Gasteiger partial charge in [-0.05, 0) is 42.0 Å². The van der Waals surface area contributed by atoms with Crippen LogP contribution in [-0.2, 0) is 16.1 Å². The van der Waals surface area contributed by atoms with Crippen molar-refractivity contribution in [3.8, 4) is 5.75 Å². The molecule has 1 fully saturated rings. The molecule has 0 spiro atoms. The number of nitrogens with zero attached hydrogens (tertiary/aromatic N) is 2. The number of likely N-dealkylation sites (tertiary alicyclic amines) is 1. The molecule has 1 atom stereocenters. The first kappa shape index (κ1) is 18.5. The van der Waals surface area contributed by atoms with Crippen LogP contribution in [0.4, 0.5) is 0 Å². The standard InChI is InChI=1S/C22H18N2O5/c1-28-16-5-2-4-15(12-16)19-18(20(25)14-7-9-23-10-8-14)21(26)22(27)24(19)13-17-6-3-11-29-17/h2-12,19,25H,13H2,1H3/b20-18+. The molecule has 1 saturated heterocycles. The number of rotatable bonds is 5. The lowest BCUT2D eigenvalue weighted by molar-refractivity contribution is -0.140. The highest BCUT2D eigenvalue weighted by atomic mass is 16.5. The van der Waals surface area contributed by atoms with Gasteiger partial charge in [-0.2, -0.15) is 0 Å². The summed E-state index contributed by atoms with van der Waals surface area (Å²) in [4.78, 5) is 31.1. The van der Waals surface area contributed by atoms with E-state index in [1.54, 1.807) is 48.5 Å². The van der Waals surface area contributed by atoms with Crippen molar-refractivity contribution in [2.45, 2.75) is 12.6 Å². The highest BCUT2D eigenvalue weighted by Gasteiger charge is 2.46. The molecule has 0 saturated carbocycles. The van der Waals surface area contributed by atoms with E-state index in [2.05, 4.69) is 4.98 Å². The first-order chi connectivity index (χ1) is 14.1. The number of aliphatic hydroxyl groups excluding tert-OH is 1. The molecular formula is C22H18N2O5. The molecule has 7 heteroatoms. The zero-order chi connectivity index (χ0) is 20.4. The summed E-state index contributed by atoms with van der Waals surface area (Å²) >= 11 is 0. The van der Waals surface area contributed by atoms with Crippen LogP contribution in [0.3, 0.4) is 0 Å². The molecule has 0 aliphatic carbocycles. The van der Waals surface area contributed by atoms with Gasteiger partial charge in [0.05, 0.1) is 31.5 Å². The number of aliphatic hydroxyl groups is 1. The summed E-state index contributed by atoms with van der Waals surface area (Å²) < 4.78 is 10.7. The van der Waals surface area contributed by atoms with E-state index in [1.807, 2.05) is 0 Å². The summed E-state index contributed by atoms with van der Waals surface area (Å²) in [5.41, 5.74) is 1.07. The average molecular weight is 390 g/mol. The minimum atomic E-state index is -0.789. The lowest BCUT2D eigenvalue weighted by Gasteiger charge is -2.24. The minimum Gasteiger partial charge on any atom is -0.507 e. The number of hydrogen-bond donors (Lipinski definition) is 1. The van der Waals surface area contributed by atoms with Crippen LogP contribution in [0.5, 0.6) is 5.75 Å². The Kier molecular flexibility index (Phi) is 4.87. The lowest BCUT2D eigenvalue weighted by atomic mass is 9.95. The van der Waals surface area contributed by atoms with Gasteiger partial charge in [0.2, 0.25) is 0 Å². The van der Waals surface area contributed by atoms with Gasteiger partial charge < -0.3 is 19.2 Å². The number of methoxy groups -OCH3 is 1. The van der Waals surface area contributed by atoms with Gasteiger partial charge in [0.25, 0.3) is 11.7 Å². The molecule has 3 heterocycles. The number of benzene rings is 1. The molecule has 1 N–H and O–H groups in total. The number of aromatic nitrogens is 1. The number of ether oxygens (including phenoxy) is 1. The Balaban J connectivity index is 1.88. The predicted molar refractivity (Wildman–Crippen MR) is 104 cm³/mol. The normalized spacial score (nSPS) is 18.2. The van der Waals surface area contributed by atoms with E-state index in [-0.39, 0.29) is 17.9 Å². The third-order valence-corrected chi connectivity index (χ3v) is 4.81. The number of carbonyl (C=O) groups excluding carboxylic acids is 2. The fraction of sp³-hybridized carbons (Fsp3) is 0.136. The quantitative estimate of drug-likeness (QED) is 0.408. The fourth-order valence-corrected chi connectivity index (χ4v) is 3.44. The first-order valence-corrected chi connectivity index (χ1v) is 8.95. The number of Topliss-reactive ketones (excluding diaryl/α,β-unsaturated/α-hetero) is 1. The van der Waals surface area contributed by atoms with Crippen molar-refractivity contribution >= 4 is 17.4 Å². The molecule has 0 radical (unpaired) electrons. The third-order valence-electron chi connectivity index (χ3n) is 4.81. The molecule has 1 amide bonds. The Bertz CT molecular complexity index is 1070. The monoisotopic (exact) mass is 390 g/mol. The van der Waals surface area contributed by atoms with E-state index >= 15 is 0 Å². The molecule has 146 valence electrons. The van der Waals surface area contributed by atoms with Gasteiger partial charge in [0.1, 0.15) is 17.3 Å². The molecule has 1 aliphatic rings. The van der Waals surface area contributed by atoms with Gasteiger partial charge in [-0.3, -0.25) is 14.6 Å². The topological polar surface area (TPSA) is 92.9 Å². The maximum Gasteiger partial charge on any atom is 0.296 e. The maximum absolute atomic E-state index is 12.9. The van der Waals surface area contributed by atoms with Crippen molar-refractivity contribution < 1.29 is 23.8 Å². The third kappa shape index (κ3) is 3.38. The molecule has 7 nitrogen and oxygen atoms in total. The molecular weight excluding hydrogens is 372 g/mol. The first-order valence-electron chi connectivity index (χ1n) is 8.95. The summed E-state index contributed by atoms with van der Waals surface area (Å²) in [7, 11) is 1.54. The van der Waals surface area contributed by atoms with Crippen LogP contribution >= 0.6 is 0 Å². The Hall–Kier alpha value is -3.87. The number of hydrogen-bond acceptors (Lipinski definition) is 6. The van der Waals surface area contributed by atoms with Gasteiger partial charge in [-0.1, -0.05) is 12.1 Å². The molecule has 0 bridgehead atoms. The van der Waals surface area contributed by atoms with E-state index in [0.717, 1.165) is 0 Å². The smallest absolute Gasteiger partial charge is 0.296 e. The van der Waals surface area contributed by atoms with Crippen molar-refractivity contribution in [1.82, 2.24) is 9.88 Å². The average Bonchev–Trinajstić information content (AvgIpc) is 3.36. The largest absolute Gasteiger partial charge is 0.507 e. The van der Waals surface area contributed by atoms with Crippen molar-refractivity contribution in [1.29, 1.82) is 0 Å². The molecule has 1 aromatic carbocycles. The van der Waals surface area contributed by atoms with E-state index < -0.39 is 17.7 Å². The van der Waals surface area contributed by atoms with Crippen molar-refractivity contribution in [3.05, 3.63) is 89.6 Å². The van der Waals surface area contributed by atoms with Gasteiger partial charge >= 0.3 is 0 Å².